The summed E-state index contributed by atoms with van der Waals surface area (Å²) in [4.78, 5) is 4.12. The summed E-state index contributed by atoms with van der Waals surface area (Å²) in [6.45, 7) is 1.16. The van der Waals surface area contributed by atoms with Crippen molar-refractivity contribution in [2.24, 2.45) is 11.1 Å². The zero-order valence-corrected chi connectivity index (χ0v) is 7.59. The van der Waals surface area contributed by atoms with Gasteiger partial charge in [-0.1, -0.05) is 19.3 Å². The van der Waals surface area contributed by atoms with Crippen LogP contribution in [0.4, 0.5) is 0 Å². The number of hydrogen-bond donors (Lipinski definition) is 2. The van der Waals surface area contributed by atoms with Gasteiger partial charge in [0.15, 0.2) is 0 Å². The van der Waals surface area contributed by atoms with Crippen LogP contribution < -0.4 is 5.73 Å². The topological polar surface area (TPSA) is 55.5 Å². The van der Waals surface area contributed by atoms with Gasteiger partial charge in [0.2, 0.25) is 0 Å². The molecule has 3 heteroatoms. The van der Waals surface area contributed by atoms with E-state index >= 15 is 0 Å². The van der Waals surface area contributed by atoms with Gasteiger partial charge < -0.3 is 5.73 Å². The highest BCUT2D eigenvalue weighted by Gasteiger charge is 2.29. The molecule has 0 heterocycles. The third kappa shape index (κ3) is 2.44. The molecule has 0 atom stereocenters. The monoisotopic (exact) mass is 173 g/mol. The predicted octanol–water partition coefficient (Wildman–Crippen LogP) is 1.78. The van der Waals surface area contributed by atoms with Gasteiger partial charge >= 0.3 is 0 Å². The second-order valence-corrected chi connectivity index (χ2v) is 3.85. The maximum absolute atomic E-state index is 8.27. The quantitative estimate of drug-likeness (QED) is 0.503. The van der Waals surface area contributed by atoms with E-state index in [0.29, 0.717) is 6.61 Å². The Morgan fingerprint density at radius 2 is 1.92 bits per heavy atom. The van der Waals surface area contributed by atoms with Gasteiger partial charge in [0.1, 0.15) is 0 Å². The molecule has 0 saturated heterocycles. The van der Waals surface area contributed by atoms with Crippen LogP contribution in [0, 0.1) is 5.41 Å². The zero-order chi connectivity index (χ0) is 8.86. The van der Waals surface area contributed by atoms with Crippen LogP contribution >= 0.6 is 0 Å². The molecule has 0 aromatic heterocycles. The van der Waals surface area contributed by atoms with E-state index in [0.717, 1.165) is 13.0 Å². The highest BCUT2D eigenvalue weighted by molar-refractivity contribution is 4.83. The van der Waals surface area contributed by atoms with Crippen molar-refractivity contribution in [3.63, 3.8) is 0 Å². The van der Waals surface area contributed by atoms with Gasteiger partial charge in [0, 0.05) is 0 Å². The van der Waals surface area contributed by atoms with E-state index < -0.39 is 0 Å². The zero-order valence-electron chi connectivity index (χ0n) is 7.59. The number of nitrogens with two attached hydrogens (primary N) is 1. The van der Waals surface area contributed by atoms with Crippen LogP contribution in [0.3, 0.4) is 0 Å². The van der Waals surface area contributed by atoms with Gasteiger partial charge in [-0.25, -0.2) is 4.89 Å². The lowest BCUT2D eigenvalue weighted by molar-refractivity contribution is -0.247. The summed E-state index contributed by atoms with van der Waals surface area (Å²) >= 11 is 0. The normalized spacial score (nSPS) is 22.5. The maximum Gasteiger partial charge on any atom is 0.0825 e. The van der Waals surface area contributed by atoms with Crippen molar-refractivity contribution < 1.29 is 10.1 Å². The largest absolute Gasteiger partial charge is 0.330 e. The molecule has 0 unspecified atom stereocenters. The van der Waals surface area contributed by atoms with Crippen LogP contribution in [0.2, 0.25) is 0 Å². The third-order valence-corrected chi connectivity index (χ3v) is 3.07. The first-order valence-electron chi connectivity index (χ1n) is 4.79. The first-order valence-corrected chi connectivity index (χ1v) is 4.79. The summed E-state index contributed by atoms with van der Waals surface area (Å²) in [5.74, 6) is 0. The van der Waals surface area contributed by atoms with Crippen LogP contribution in [0.5, 0.6) is 0 Å². The van der Waals surface area contributed by atoms with Crippen LogP contribution in [0.1, 0.15) is 38.5 Å². The molecule has 1 aliphatic carbocycles. The molecule has 1 saturated carbocycles. The molecule has 3 nitrogen and oxygen atoms in total. The van der Waals surface area contributed by atoms with Crippen molar-refractivity contribution in [1.29, 1.82) is 0 Å². The standard InChI is InChI=1S/C9H19NO2/c10-8-9(6-7-12-11)4-2-1-3-5-9/h11H,1-8,10H2. The molecule has 1 rings (SSSR count). The van der Waals surface area contributed by atoms with Crippen molar-refractivity contribution in [2.75, 3.05) is 13.2 Å². The number of rotatable bonds is 4. The SMILES string of the molecule is NCC1(CCOO)CCCCC1. The van der Waals surface area contributed by atoms with E-state index in [9.17, 15) is 0 Å². The van der Waals surface area contributed by atoms with Crippen molar-refractivity contribution in [3.8, 4) is 0 Å². The smallest absolute Gasteiger partial charge is 0.0825 e. The summed E-state index contributed by atoms with van der Waals surface area (Å²) in [5, 5.41) is 8.27. The lowest BCUT2D eigenvalue weighted by atomic mass is 9.72. The Bertz CT molecular complexity index is 122. The minimum atomic E-state index is 0.265. The minimum Gasteiger partial charge on any atom is -0.330 e. The van der Waals surface area contributed by atoms with Gasteiger partial charge in [0.05, 0.1) is 6.61 Å². The van der Waals surface area contributed by atoms with Crippen molar-refractivity contribution >= 4 is 0 Å². The molecule has 0 aliphatic heterocycles. The Balaban J connectivity index is 2.37. The van der Waals surface area contributed by atoms with E-state index in [1.54, 1.807) is 0 Å². The summed E-state index contributed by atoms with van der Waals surface area (Å²) in [6, 6.07) is 0. The number of hydrogen-bond acceptors (Lipinski definition) is 3. The molecule has 0 aromatic rings. The van der Waals surface area contributed by atoms with Crippen LogP contribution in [0.15, 0.2) is 0 Å². The van der Waals surface area contributed by atoms with Crippen molar-refractivity contribution in [1.82, 2.24) is 0 Å². The van der Waals surface area contributed by atoms with Crippen molar-refractivity contribution in [3.05, 3.63) is 0 Å². The van der Waals surface area contributed by atoms with Gasteiger partial charge in [0.25, 0.3) is 0 Å². The third-order valence-electron chi connectivity index (χ3n) is 3.07. The van der Waals surface area contributed by atoms with E-state index in [2.05, 4.69) is 4.89 Å². The molecule has 12 heavy (non-hydrogen) atoms. The molecular weight excluding hydrogens is 154 g/mol. The first-order chi connectivity index (χ1) is 5.83. The summed E-state index contributed by atoms with van der Waals surface area (Å²) < 4.78 is 0. The summed E-state index contributed by atoms with van der Waals surface area (Å²) in [6.07, 6.45) is 7.20. The molecule has 3 N–H and O–H groups in total. The van der Waals surface area contributed by atoms with Crippen molar-refractivity contribution in [2.45, 2.75) is 38.5 Å². The van der Waals surface area contributed by atoms with Gasteiger partial charge in [-0.15, -0.1) is 0 Å². The Hall–Kier alpha value is -0.120. The highest BCUT2D eigenvalue weighted by Crippen LogP contribution is 2.38. The second-order valence-electron chi connectivity index (χ2n) is 3.85. The Labute approximate surface area is 73.8 Å². The summed E-state index contributed by atoms with van der Waals surface area (Å²) in [7, 11) is 0. The molecule has 72 valence electrons. The average molecular weight is 173 g/mol. The van der Waals surface area contributed by atoms with Crippen LogP contribution in [-0.4, -0.2) is 18.4 Å². The van der Waals surface area contributed by atoms with Gasteiger partial charge in [-0.2, -0.15) is 0 Å². The van der Waals surface area contributed by atoms with E-state index in [-0.39, 0.29) is 5.41 Å². The fraction of sp³-hybridized carbons (Fsp3) is 1.00. The van der Waals surface area contributed by atoms with E-state index in [4.69, 9.17) is 11.0 Å². The molecule has 0 radical (unpaired) electrons. The maximum atomic E-state index is 8.27. The Morgan fingerprint density at radius 3 is 2.42 bits per heavy atom. The summed E-state index contributed by atoms with van der Waals surface area (Å²) in [5.41, 5.74) is 6.01. The minimum absolute atomic E-state index is 0.265. The molecule has 0 aromatic carbocycles. The second kappa shape index (κ2) is 4.80. The van der Waals surface area contributed by atoms with Gasteiger partial charge in [-0.05, 0) is 31.2 Å². The fourth-order valence-electron chi connectivity index (χ4n) is 2.12. The van der Waals surface area contributed by atoms with E-state index in [1.807, 2.05) is 0 Å². The first kappa shape index (κ1) is 9.96. The highest BCUT2D eigenvalue weighted by atomic mass is 17.1. The Kier molecular flexibility index (Phi) is 3.98. The van der Waals surface area contributed by atoms with E-state index in [1.165, 1.54) is 32.1 Å². The molecular formula is C9H19NO2. The fourth-order valence-corrected chi connectivity index (χ4v) is 2.12. The average Bonchev–Trinajstić information content (AvgIpc) is 2.16. The van der Waals surface area contributed by atoms with Gasteiger partial charge in [-0.3, -0.25) is 5.26 Å². The molecule has 0 spiro atoms. The molecule has 1 aliphatic rings. The lowest BCUT2D eigenvalue weighted by Gasteiger charge is -2.35. The molecule has 1 fully saturated rings. The molecule has 0 amide bonds. The lowest BCUT2D eigenvalue weighted by Crippen LogP contribution is -2.33. The Morgan fingerprint density at radius 1 is 1.25 bits per heavy atom. The molecule has 0 bridgehead atoms. The predicted molar refractivity (Wildman–Crippen MR) is 47.8 cm³/mol. The van der Waals surface area contributed by atoms with Crippen LogP contribution in [0.25, 0.3) is 0 Å². The van der Waals surface area contributed by atoms with Crippen LogP contribution in [-0.2, 0) is 4.89 Å².